The van der Waals surface area contributed by atoms with E-state index in [9.17, 15) is 9.90 Å². The van der Waals surface area contributed by atoms with E-state index in [-0.39, 0.29) is 12.5 Å². The third kappa shape index (κ3) is 7.96. The van der Waals surface area contributed by atoms with Gasteiger partial charge in [0.25, 0.3) is 6.47 Å². The first-order valence-electron chi connectivity index (χ1n) is 10.7. The Morgan fingerprint density at radius 3 is 2.56 bits per heavy atom. The number of carbonyl (C=O) groups excluding carboxylic acids is 1. The van der Waals surface area contributed by atoms with Gasteiger partial charge in [0.2, 0.25) is 0 Å². The maximum absolute atomic E-state index is 10.3. The first-order valence-corrected chi connectivity index (χ1v) is 10.7. The lowest BCUT2D eigenvalue weighted by Crippen LogP contribution is -2.15. The number of rotatable bonds is 13. The minimum atomic E-state index is 0.130. The molecule has 0 aromatic carbocycles. The number of nitrogens with zero attached hydrogens (tertiary/aromatic N) is 2. The molecule has 1 saturated carbocycles. The average molecular weight is 377 g/mol. The molecule has 1 N–H and O–H groups in total. The van der Waals surface area contributed by atoms with Crippen molar-refractivity contribution < 1.29 is 14.6 Å². The number of carbonyl (C=O) groups is 1. The van der Waals surface area contributed by atoms with Gasteiger partial charge in [0, 0.05) is 25.4 Å². The Bertz CT molecular complexity index is 513. The van der Waals surface area contributed by atoms with Gasteiger partial charge in [-0.2, -0.15) is 0 Å². The van der Waals surface area contributed by atoms with E-state index in [1.54, 1.807) is 0 Å². The standard InChI is InChI=1S/C22H36N2O3/c1-2-3-4-5-18-6-8-20(9-7-18)21-15-23-22(24-16-21)14-19(10-12-25)11-13-27-17-26/h15-20,25H,2-14H2,1H3. The first-order chi connectivity index (χ1) is 13.3. The van der Waals surface area contributed by atoms with Crippen molar-refractivity contribution in [2.75, 3.05) is 13.2 Å². The summed E-state index contributed by atoms with van der Waals surface area (Å²) in [7, 11) is 0. The Morgan fingerprint density at radius 2 is 1.93 bits per heavy atom. The molecule has 1 heterocycles. The number of aliphatic hydroxyl groups is 1. The fourth-order valence-electron chi connectivity index (χ4n) is 4.22. The van der Waals surface area contributed by atoms with Crippen LogP contribution >= 0.6 is 0 Å². The minimum Gasteiger partial charge on any atom is -0.468 e. The van der Waals surface area contributed by atoms with Crippen molar-refractivity contribution in [3.05, 3.63) is 23.8 Å². The van der Waals surface area contributed by atoms with E-state index in [2.05, 4.69) is 16.9 Å². The molecule has 0 saturated heterocycles. The summed E-state index contributed by atoms with van der Waals surface area (Å²) in [6.07, 6.45) is 16.8. The first kappa shape index (κ1) is 21.8. The molecule has 152 valence electrons. The molecule has 0 bridgehead atoms. The fourth-order valence-corrected chi connectivity index (χ4v) is 4.22. The van der Waals surface area contributed by atoms with Crippen LogP contribution in [0.2, 0.25) is 0 Å². The van der Waals surface area contributed by atoms with E-state index in [1.165, 1.54) is 56.9 Å². The van der Waals surface area contributed by atoms with Crippen molar-refractivity contribution in [2.24, 2.45) is 11.8 Å². The quantitative estimate of drug-likeness (QED) is 0.407. The van der Waals surface area contributed by atoms with Gasteiger partial charge in [0.15, 0.2) is 0 Å². The van der Waals surface area contributed by atoms with Crippen LogP contribution in [0.5, 0.6) is 0 Å². The topological polar surface area (TPSA) is 72.3 Å². The normalized spacial score (nSPS) is 21.0. The predicted octanol–water partition coefficient (Wildman–Crippen LogP) is 4.43. The number of hydrogen-bond acceptors (Lipinski definition) is 5. The van der Waals surface area contributed by atoms with E-state index in [0.717, 1.165) is 18.2 Å². The van der Waals surface area contributed by atoms with E-state index in [1.807, 2.05) is 12.4 Å². The zero-order valence-electron chi connectivity index (χ0n) is 16.8. The molecule has 1 unspecified atom stereocenters. The van der Waals surface area contributed by atoms with Crippen molar-refractivity contribution in [3.8, 4) is 0 Å². The molecule has 0 amide bonds. The highest BCUT2D eigenvalue weighted by molar-refractivity contribution is 5.36. The molecule has 1 atom stereocenters. The van der Waals surface area contributed by atoms with Crippen LogP contribution in [-0.4, -0.2) is 34.8 Å². The van der Waals surface area contributed by atoms with Gasteiger partial charge in [-0.3, -0.25) is 4.79 Å². The molecule has 1 aromatic rings. The van der Waals surface area contributed by atoms with Crippen molar-refractivity contribution in [1.82, 2.24) is 9.97 Å². The van der Waals surface area contributed by atoms with Gasteiger partial charge in [0.05, 0.1) is 6.61 Å². The maximum atomic E-state index is 10.3. The summed E-state index contributed by atoms with van der Waals surface area (Å²) in [5, 5.41) is 9.22. The average Bonchev–Trinajstić information content (AvgIpc) is 2.70. The molecule has 1 aliphatic rings. The van der Waals surface area contributed by atoms with Crippen molar-refractivity contribution in [2.45, 2.75) is 83.5 Å². The Balaban J connectivity index is 1.79. The van der Waals surface area contributed by atoms with Gasteiger partial charge in [-0.15, -0.1) is 0 Å². The number of aliphatic hydroxyl groups excluding tert-OH is 1. The molecule has 0 spiro atoms. The van der Waals surface area contributed by atoms with Gasteiger partial charge >= 0.3 is 0 Å². The lowest BCUT2D eigenvalue weighted by atomic mass is 9.77. The highest BCUT2D eigenvalue weighted by Gasteiger charge is 2.22. The zero-order valence-corrected chi connectivity index (χ0v) is 16.8. The molecule has 0 radical (unpaired) electrons. The van der Waals surface area contributed by atoms with Crippen molar-refractivity contribution in [3.63, 3.8) is 0 Å². The van der Waals surface area contributed by atoms with Gasteiger partial charge < -0.3 is 9.84 Å². The van der Waals surface area contributed by atoms with Gasteiger partial charge in [0.1, 0.15) is 5.82 Å². The minimum absolute atomic E-state index is 0.130. The Labute approximate surface area is 164 Å². The summed E-state index contributed by atoms with van der Waals surface area (Å²) < 4.78 is 4.78. The number of ether oxygens (including phenoxy) is 1. The zero-order chi connectivity index (χ0) is 19.3. The second kappa shape index (κ2) is 12.8. The second-order valence-corrected chi connectivity index (χ2v) is 7.98. The highest BCUT2D eigenvalue weighted by atomic mass is 16.5. The van der Waals surface area contributed by atoms with Crippen molar-refractivity contribution >= 4 is 6.47 Å². The van der Waals surface area contributed by atoms with Crippen molar-refractivity contribution in [1.29, 1.82) is 0 Å². The number of aromatic nitrogens is 2. The van der Waals surface area contributed by atoms with Crippen LogP contribution in [0.15, 0.2) is 12.4 Å². The summed E-state index contributed by atoms with van der Waals surface area (Å²) >= 11 is 0. The number of hydrogen-bond donors (Lipinski definition) is 1. The number of unbranched alkanes of at least 4 members (excludes halogenated alkanes) is 2. The Kier molecular flexibility index (Phi) is 10.4. The monoisotopic (exact) mass is 376 g/mol. The maximum Gasteiger partial charge on any atom is 0.293 e. The second-order valence-electron chi connectivity index (χ2n) is 7.98. The fraction of sp³-hybridized carbons (Fsp3) is 0.773. The predicted molar refractivity (Wildman–Crippen MR) is 106 cm³/mol. The summed E-state index contributed by atoms with van der Waals surface area (Å²) in [5.74, 6) is 2.58. The van der Waals surface area contributed by atoms with Gasteiger partial charge in [-0.05, 0) is 61.8 Å². The van der Waals surface area contributed by atoms with Crippen LogP contribution in [0.3, 0.4) is 0 Å². The van der Waals surface area contributed by atoms with Crippen LogP contribution in [0.4, 0.5) is 0 Å². The molecule has 5 nitrogen and oxygen atoms in total. The molecule has 1 aromatic heterocycles. The molecular weight excluding hydrogens is 340 g/mol. The SMILES string of the molecule is CCCCCC1CCC(c2cnc(CC(CCO)CCOC=O)nc2)CC1. The molecule has 1 aliphatic carbocycles. The smallest absolute Gasteiger partial charge is 0.293 e. The molecule has 2 rings (SSSR count). The van der Waals surface area contributed by atoms with Gasteiger partial charge in [-0.1, -0.05) is 32.6 Å². The Hall–Kier alpha value is -1.49. The van der Waals surface area contributed by atoms with Crippen LogP contribution in [0.1, 0.15) is 88.4 Å². The van der Waals surface area contributed by atoms with Crippen LogP contribution < -0.4 is 0 Å². The van der Waals surface area contributed by atoms with Crippen LogP contribution in [0, 0.1) is 11.8 Å². The summed E-state index contributed by atoms with van der Waals surface area (Å²) in [6, 6.07) is 0. The summed E-state index contributed by atoms with van der Waals surface area (Å²) in [4.78, 5) is 19.4. The van der Waals surface area contributed by atoms with Crippen LogP contribution in [0.25, 0.3) is 0 Å². The lowest BCUT2D eigenvalue weighted by molar-refractivity contribution is -0.129. The molecule has 1 fully saturated rings. The molecular formula is C22H36N2O3. The van der Waals surface area contributed by atoms with E-state index < -0.39 is 0 Å². The van der Waals surface area contributed by atoms with Crippen LogP contribution in [-0.2, 0) is 16.0 Å². The molecule has 5 heteroatoms. The summed E-state index contributed by atoms with van der Waals surface area (Å²) in [6.45, 7) is 3.25. The third-order valence-electron chi connectivity index (χ3n) is 5.98. The highest BCUT2D eigenvalue weighted by Crippen LogP contribution is 2.37. The Morgan fingerprint density at radius 1 is 1.19 bits per heavy atom. The van der Waals surface area contributed by atoms with E-state index >= 15 is 0 Å². The van der Waals surface area contributed by atoms with Gasteiger partial charge in [-0.25, -0.2) is 9.97 Å². The third-order valence-corrected chi connectivity index (χ3v) is 5.98. The molecule has 27 heavy (non-hydrogen) atoms. The molecule has 0 aliphatic heterocycles. The van der Waals surface area contributed by atoms with E-state index in [4.69, 9.17) is 4.74 Å². The van der Waals surface area contributed by atoms with E-state index in [0.29, 0.717) is 31.8 Å². The summed E-state index contributed by atoms with van der Waals surface area (Å²) in [5.41, 5.74) is 1.27. The largest absolute Gasteiger partial charge is 0.468 e. The lowest BCUT2D eigenvalue weighted by Gasteiger charge is -2.28.